The highest BCUT2D eigenvalue weighted by Gasteiger charge is 2.44. The van der Waals surface area contributed by atoms with Crippen LogP contribution in [0.1, 0.15) is 44.4 Å². The topological polar surface area (TPSA) is 83.3 Å². The number of thiophene rings is 1. The van der Waals surface area contributed by atoms with E-state index < -0.39 is 0 Å². The average molecular weight is 402 g/mol. The van der Waals surface area contributed by atoms with Crippen LogP contribution in [0.2, 0.25) is 0 Å². The minimum absolute atomic E-state index is 0.0421. The van der Waals surface area contributed by atoms with Gasteiger partial charge < -0.3 is 15.1 Å². The van der Waals surface area contributed by atoms with Crippen LogP contribution < -0.4 is 10.6 Å². The maximum absolute atomic E-state index is 12.4. The molecule has 1 aliphatic carbocycles. The molecule has 0 spiro atoms. The number of nitrogens with one attached hydrogen (secondary N) is 2. The molecule has 0 bridgehead atoms. The lowest BCUT2D eigenvalue weighted by atomic mass is 9.94. The van der Waals surface area contributed by atoms with E-state index in [1.807, 2.05) is 17.5 Å². The fraction of sp³-hybridized carbons (Fsp3) is 0.650. The van der Waals surface area contributed by atoms with E-state index in [2.05, 4.69) is 25.7 Å². The van der Waals surface area contributed by atoms with Gasteiger partial charge >= 0.3 is 0 Å². The Morgan fingerprint density at radius 2 is 2.14 bits per heavy atom. The highest BCUT2D eigenvalue weighted by molar-refractivity contribution is 7.13. The summed E-state index contributed by atoms with van der Waals surface area (Å²) in [6.07, 6.45) is 8.11. The Labute approximate surface area is 168 Å². The quantitative estimate of drug-likeness (QED) is 0.799. The number of carbonyl (C=O) groups excluding carboxylic acids is 1. The first-order valence-corrected chi connectivity index (χ1v) is 11.3. The van der Waals surface area contributed by atoms with Gasteiger partial charge in [-0.3, -0.25) is 9.69 Å². The van der Waals surface area contributed by atoms with Gasteiger partial charge in [0.2, 0.25) is 11.8 Å². The Morgan fingerprint density at radius 1 is 1.25 bits per heavy atom. The molecule has 3 atom stereocenters. The number of piperazine rings is 1. The summed E-state index contributed by atoms with van der Waals surface area (Å²) in [5.41, 5.74) is 0. The lowest BCUT2D eigenvalue weighted by Crippen LogP contribution is -2.58. The van der Waals surface area contributed by atoms with Crippen LogP contribution in [0.3, 0.4) is 0 Å². The molecule has 3 aliphatic rings. The van der Waals surface area contributed by atoms with Crippen molar-refractivity contribution in [2.24, 2.45) is 0 Å². The average Bonchev–Trinajstić information content (AvgIpc) is 3.45. The van der Waals surface area contributed by atoms with Crippen LogP contribution in [0.5, 0.6) is 0 Å². The molecule has 2 aliphatic heterocycles. The van der Waals surface area contributed by atoms with Gasteiger partial charge in [0.05, 0.1) is 10.9 Å². The van der Waals surface area contributed by atoms with Crippen molar-refractivity contribution in [3.8, 4) is 10.8 Å². The van der Waals surface area contributed by atoms with E-state index in [1.165, 1.54) is 32.1 Å². The Hall–Kier alpha value is -1.77. The number of aromatic nitrogens is 2. The van der Waals surface area contributed by atoms with Gasteiger partial charge in [-0.1, -0.05) is 25.3 Å². The Balaban J connectivity index is 1.25. The van der Waals surface area contributed by atoms with E-state index in [4.69, 9.17) is 4.42 Å². The largest absolute Gasteiger partial charge is 0.420 e. The van der Waals surface area contributed by atoms with E-state index in [9.17, 15) is 4.79 Å². The Kier molecular flexibility index (Phi) is 5.17. The van der Waals surface area contributed by atoms with Gasteiger partial charge in [0.1, 0.15) is 0 Å². The van der Waals surface area contributed by atoms with Crippen LogP contribution in [0.15, 0.2) is 21.9 Å². The summed E-state index contributed by atoms with van der Waals surface area (Å²) in [5, 5.41) is 17.4. The molecule has 5 rings (SSSR count). The van der Waals surface area contributed by atoms with Gasteiger partial charge in [0.25, 0.3) is 5.89 Å². The van der Waals surface area contributed by atoms with Crippen LogP contribution in [0.4, 0.5) is 0 Å². The van der Waals surface area contributed by atoms with E-state index in [0.29, 0.717) is 36.8 Å². The van der Waals surface area contributed by atoms with Gasteiger partial charge in [-0.15, -0.1) is 21.5 Å². The summed E-state index contributed by atoms with van der Waals surface area (Å²) in [5.74, 6) is 1.39. The van der Waals surface area contributed by atoms with Gasteiger partial charge in [0, 0.05) is 37.6 Å². The highest BCUT2D eigenvalue weighted by atomic mass is 32.1. The molecule has 2 aromatic rings. The molecule has 2 aromatic heterocycles. The number of rotatable bonds is 5. The van der Waals surface area contributed by atoms with E-state index in [-0.39, 0.29) is 18.0 Å². The van der Waals surface area contributed by atoms with Crippen molar-refractivity contribution in [2.75, 3.05) is 13.1 Å². The normalized spacial score (nSPS) is 29.0. The van der Waals surface area contributed by atoms with Crippen molar-refractivity contribution in [2.45, 2.75) is 69.1 Å². The van der Waals surface area contributed by atoms with Crippen molar-refractivity contribution in [1.29, 1.82) is 0 Å². The first-order chi connectivity index (χ1) is 13.8. The number of hydrogen-bond acceptors (Lipinski definition) is 7. The van der Waals surface area contributed by atoms with Crippen LogP contribution in [-0.4, -0.2) is 58.3 Å². The first kappa shape index (κ1) is 18.3. The zero-order chi connectivity index (χ0) is 18.9. The monoisotopic (exact) mass is 401 g/mol. The Bertz CT molecular complexity index is 801. The summed E-state index contributed by atoms with van der Waals surface area (Å²) >= 11 is 1.60. The molecule has 1 amide bonds. The van der Waals surface area contributed by atoms with E-state index in [1.54, 1.807) is 11.3 Å². The highest BCUT2D eigenvalue weighted by Crippen LogP contribution is 2.28. The number of hydrogen-bond donors (Lipinski definition) is 2. The van der Waals surface area contributed by atoms with Crippen LogP contribution >= 0.6 is 11.3 Å². The van der Waals surface area contributed by atoms with E-state index >= 15 is 0 Å². The zero-order valence-corrected chi connectivity index (χ0v) is 16.8. The summed E-state index contributed by atoms with van der Waals surface area (Å²) in [6, 6.07) is 5.14. The van der Waals surface area contributed by atoms with E-state index in [0.717, 1.165) is 17.8 Å². The molecule has 2 N–H and O–H groups in total. The van der Waals surface area contributed by atoms with Crippen molar-refractivity contribution < 1.29 is 9.21 Å². The maximum atomic E-state index is 12.4. The SMILES string of the molecule is O=C1NC[C@@H](Cc2nnc(-c3cccs3)o2)N2C[C@@H](NC3CCCCC3)C[C@@H]12. The second-order valence-electron chi connectivity index (χ2n) is 8.23. The third-order valence-electron chi connectivity index (χ3n) is 6.31. The molecule has 0 radical (unpaired) electrons. The minimum Gasteiger partial charge on any atom is -0.420 e. The third-order valence-corrected chi connectivity index (χ3v) is 7.17. The predicted octanol–water partition coefficient (Wildman–Crippen LogP) is 2.20. The first-order valence-electron chi connectivity index (χ1n) is 10.4. The van der Waals surface area contributed by atoms with Crippen LogP contribution in [0.25, 0.3) is 10.8 Å². The van der Waals surface area contributed by atoms with Crippen molar-refractivity contribution in [1.82, 2.24) is 25.7 Å². The number of carbonyl (C=O) groups is 1. The molecule has 4 heterocycles. The van der Waals surface area contributed by atoms with Gasteiger partial charge in [-0.2, -0.15) is 0 Å². The standard InChI is InChI=1S/C20H27N5O2S/c26-19-16-9-14(22-13-5-2-1-3-6-13)12-25(16)15(11-21-19)10-18-23-24-20(27-18)17-7-4-8-28-17/h4,7-8,13-16,22H,1-3,5-6,9-12H2,(H,21,26)/t14-,15+,16-/m0/s1. The number of nitrogens with zero attached hydrogens (tertiary/aromatic N) is 3. The molecule has 0 aromatic carbocycles. The molecule has 150 valence electrons. The predicted molar refractivity (Wildman–Crippen MR) is 107 cm³/mol. The number of fused-ring (bicyclic) bond motifs is 1. The summed E-state index contributed by atoms with van der Waals surface area (Å²) in [6.45, 7) is 1.56. The van der Waals surface area contributed by atoms with Gasteiger partial charge in [-0.05, 0) is 30.7 Å². The molecule has 3 fully saturated rings. The summed E-state index contributed by atoms with van der Waals surface area (Å²) in [7, 11) is 0. The molecule has 1 saturated carbocycles. The second kappa shape index (κ2) is 7.93. The smallest absolute Gasteiger partial charge is 0.257 e. The molecule has 2 saturated heterocycles. The summed E-state index contributed by atoms with van der Waals surface area (Å²) in [4.78, 5) is 15.8. The van der Waals surface area contributed by atoms with Gasteiger partial charge in [0.15, 0.2) is 0 Å². The minimum atomic E-state index is -0.0421. The fourth-order valence-corrected chi connectivity index (χ4v) is 5.57. The van der Waals surface area contributed by atoms with Crippen molar-refractivity contribution >= 4 is 17.2 Å². The fourth-order valence-electron chi connectivity index (χ4n) is 4.93. The van der Waals surface area contributed by atoms with Crippen molar-refractivity contribution in [3.63, 3.8) is 0 Å². The molecule has 0 unspecified atom stereocenters. The molecule has 28 heavy (non-hydrogen) atoms. The number of amides is 1. The molecule has 8 heteroatoms. The second-order valence-corrected chi connectivity index (χ2v) is 9.18. The maximum Gasteiger partial charge on any atom is 0.257 e. The Morgan fingerprint density at radius 3 is 2.96 bits per heavy atom. The molecule has 7 nitrogen and oxygen atoms in total. The lowest BCUT2D eigenvalue weighted by molar-refractivity contribution is -0.129. The van der Waals surface area contributed by atoms with Gasteiger partial charge in [-0.25, -0.2) is 0 Å². The molecular formula is C20H27N5O2S. The summed E-state index contributed by atoms with van der Waals surface area (Å²) < 4.78 is 5.89. The lowest BCUT2D eigenvalue weighted by Gasteiger charge is -2.36. The van der Waals surface area contributed by atoms with Crippen LogP contribution in [-0.2, 0) is 11.2 Å². The van der Waals surface area contributed by atoms with Crippen LogP contribution in [0, 0.1) is 0 Å². The molecular weight excluding hydrogens is 374 g/mol. The van der Waals surface area contributed by atoms with Crippen molar-refractivity contribution in [3.05, 3.63) is 23.4 Å². The third kappa shape index (κ3) is 3.73. The zero-order valence-electron chi connectivity index (χ0n) is 16.0.